The van der Waals surface area contributed by atoms with Gasteiger partial charge >= 0.3 is 0 Å². The minimum Gasteiger partial charge on any atom is -0.392 e. The molecular formula is C8H19ClN2O. The Hall–Kier alpha value is 0.170. The van der Waals surface area contributed by atoms with Crippen LogP contribution in [0.15, 0.2) is 0 Å². The number of nitrogens with two attached hydrogens (primary N) is 1. The Morgan fingerprint density at radius 3 is 2.50 bits per heavy atom. The third-order valence-electron chi connectivity index (χ3n) is 1.88. The molecule has 1 fully saturated rings. The molecule has 0 spiro atoms. The van der Waals surface area contributed by atoms with E-state index in [-0.39, 0.29) is 24.0 Å². The number of hydrogen-bond donors (Lipinski definition) is 2. The molecule has 1 rings (SSSR count). The standard InChI is InChI=1S/C8H18N2O.ClH/c1-8(2,9)6-10-4-3-7(11)5-10;/h7,11H,3-6,9H2,1-2H3;1H/t7-;/m0./s1. The lowest BCUT2D eigenvalue weighted by molar-refractivity contribution is 0.169. The molecule has 0 aliphatic carbocycles. The summed E-state index contributed by atoms with van der Waals surface area (Å²) in [6, 6.07) is 0. The molecule has 0 bridgehead atoms. The minimum atomic E-state index is -0.135. The number of halogens is 1. The first-order chi connectivity index (χ1) is 4.97. The zero-order valence-corrected chi connectivity index (χ0v) is 8.60. The van der Waals surface area contributed by atoms with Crippen molar-refractivity contribution in [1.82, 2.24) is 4.90 Å². The Labute approximate surface area is 80.3 Å². The number of aliphatic hydroxyl groups excluding tert-OH is 1. The first-order valence-electron chi connectivity index (χ1n) is 4.17. The lowest BCUT2D eigenvalue weighted by atomic mass is 10.1. The van der Waals surface area contributed by atoms with Gasteiger partial charge in [-0.15, -0.1) is 12.4 Å². The van der Waals surface area contributed by atoms with Gasteiger partial charge in [-0.25, -0.2) is 0 Å². The third-order valence-corrected chi connectivity index (χ3v) is 1.88. The molecule has 1 saturated heterocycles. The van der Waals surface area contributed by atoms with Crippen LogP contribution in [0.2, 0.25) is 0 Å². The van der Waals surface area contributed by atoms with E-state index in [4.69, 9.17) is 5.73 Å². The van der Waals surface area contributed by atoms with Gasteiger partial charge in [-0.05, 0) is 20.3 Å². The van der Waals surface area contributed by atoms with Crippen LogP contribution in [0.3, 0.4) is 0 Å². The number of aliphatic hydroxyl groups is 1. The maximum atomic E-state index is 9.21. The van der Waals surface area contributed by atoms with E-state index >= 15 is 0 Å². The highest BCUT2D eigenvalue weighted by molar-refractivity contribution is 5.85. The monoisotopic (exact) mass is 194 g/mol. The summed E-state index contributed by atoms with van der Waals surface area (Å²) in [4.78, 5) is 2.21. The van der Waals surface area contributed by atoms with E-state index in [9.17, 15) is 5.11 Å². The van der Waals surface area contributed by atoms with E-state index in [1.807, 2.05) is 13.8 Å². The summed E-state index contributed by atoms with van der Waals surface area (Å²) in [5, 5.41) is 9.21. The second-order valence-electron chi connectivity index (χ2n) is 4.17. The Morgan fingerprint density at radius 1 is 1.58 bits per heavy atom. The molecule has 1 atom stereocenters. The zero-order valence-electron chi connectivity index (χ0n) is 7.79. The first kappa shape index (κ1) is 12.2. The fraction of sp³-hybridized carbons (Fsp3) is 1.00. The lowest BCUT2D eigenvalue weighted by Crippen LogP contribution is -2.44. The van der Waals surface area contributed by atoms with Gasteiger partial charge in [0.25, 0.3) is 0 Å². The molecule has 0 radical (unpaired) electrons. The molecule has 3 nitrogen and oxygen atoms in total. The summed E-state index contributed by atoms with van der Waals surface area (Å²) < 4.78 is 0. The van der Waals surface area contributed by atoms with Gasteiger partial charge in [0.1, 0.15) is 0 Å². The van der Waals surface area contributed by atoms with Crippen molar-refractivity contribution < 1.29 is 5.11 Å². The largest absolute Gasteiger partial charge is 0.392 e. The summed E-state index contributed by atoms with van der Waals surface area (Å²) in [7, 11) is 0. The van der Waals surface area contributed by atoms with E-state index in [1.54, 1.807) is 0 Å². The molecule has 1 heterocycles. The van der Waals surface area contributed by atoms with Crippen molar-refractivity contribution in [2.45, 2.75) is 31.9 Å². The molecule has 0 aromatic carbocycles. The molecule has 74 valence electrons. The number of nitrogens with zero attached hydrogens (tertiary/aromatic N) is 1. The molecule has 0 saturated carbocycles. The highest BCUT2D eigenvalue weighted by Gasteiger charge is 2.24. The Bertz CT molecular complexity index is 136. The van der Waals surface area contributed by atoms with Crippen LogP contribution in [0.1, 0.15) is 20.3 Å². The van der Waals surface area contributed by atoms with Gasteiger partial charge in [-0.3, -0.25) is 4.90 Å². The zero-order chi connectivity index (χ0) is 8.48. The van der Waals surface area contributed by atoms with Gasteiger partial charge in [0.05, 0.1) is 6.10 Å². The summed E-state index contributed by atoms with van der Waals surface area (Å²) >= 11 is 0. The van der Waals surface area contributed by atoms with Crippen molar-refractivity contribution in [2.75, 3.05) is 19.6 Å². The molecular weight excluding hydrogens is 176 g/mol. The van der Waals surface area contributed by atoms with Crippen molar-refractivity contribution >= 4 is 12.4 Å². The predicted molar refractivity (Wildman–Crippen MR) is 52.6 cm³/mol. The fourth-order valence-electron chi connectivity index (χ4n) is 1.53. The van der Waals surface area contributed by atoms with E-state index in [0.29, 0.717) is 0 Å². The van der Waals surface area contributed by atoms with Gasteiger partial charge in [-0.1, -0.05) is 0 Å². The fourth-order valence-corrected chi connectivity index (χ4v) is 1.53. The number of likely N-dealkylation sites (tertiary alicyclic amines) is 1. The van der Waals surface area contributed by atoms with Crippen molar-refractivity contribution in [3.8, 4) is 0 Å². The summed E-state index contributed by atoms with van der Waals surface area (Å²) in [5.41, 5.74) is 5.70. The quantitative estimate of drug-likeness (QED) is 0.661. The van der Waals surface area contributed by atoms with E-state index in [0.717, 1.165) is 26.1 Å². The molecule has 0 aromatic rings. The molecule has 3 N–H and O–H groups in total. The summed E-state index contributed by atoms with van der Waals surface area (Å²) in [6.07, 6.45) is 0.771. The summed E-state index contributed by atoms with van der Waals surface area (Å²) in [6.45, 7) is 6.68. The summed E-state index contributed by atoms with van der Waals surface area (Å²) in [5.74, 6) is 0. The second-order valence-corrected chi connectivity index (χ2v) is 4.17. The lowest BCUT2D eigenvalue weighted by Gasteiger charge is -2.25. The van der Waals surface area contributed by atoms with E-state index in [1.165, 1.54) is 0 Å². The predicted octanol–water partition coefficient (Wildman–Crippen LogP) is 0.212. The molecule has 1 aliphatic heterocycles. The van der Waals surface area contributed by atoms with Crippen LogP contribution in [0, 0.1) is 0 Å². The van der Waals surface area contributed by atoms with Gasteiger partial charge in [0, 0.05) is 25.2 Å². The number of β-amino-alcohol motifs (C(OH)–C–C–N with tert-alkyl or cyclic N) is 1. The molecule has 1 aliphatic rings. The van der Waals surface area contributed by atoms with Crippen molar-refractivity contribution in [1.29, 1.82) is 0 Å². The van der Waals surface area contributed by atoms with E-state index < -0.39 is 0 Å². The Kier molecular flexibility index (Phi) is 4.48. The highest BCUT2D eigenvalue weighted by Crippen LogP contribution is 2.11. The van der Waals surface area contributed by atoms with Crippen LogP contribution in [0.25, 0.3) is 0 Å². The number of rotatable bonds is 2. The van der Waals surface area contributed by atoms with Gasteiger partial charge in [-0.2, -0.15) is 0 Å². The topological polar surface area (TPSA) is 49.5 Å². The Morgan fingerprint density at radius 2 is 2.17 bits per heavy atom. The van der Waals surface area contributed by atoms with Crippen LogP contribution >= 0.6 is 12.4 Å². The maximum Gasteiger partial charge on any atom is 0.0679 e. The van der Waals surface area contributed by atoms with E-state index in [2.05, 4.69) is 4.90 Å². The Balaban J connectivity index is 0.00000121. The average Bonchev–Trinajstić information content (AvgIpc) is 2.10. The van der Waals surface area contributed by atoms with Crippen LogP contribution in [-0.2, 0) is 0 Å². The molecule has 0 amide bonds. The van der Waals surface area contributed by atoms with Crippen LogP contribution in [0.4, 0.5) is 0 Å². The minimum absolute atomic E-state index is 0. The smallest absolute Gasteiger partial charge is 0.0679 e. The van der Waals surface area contributed by atoms with Crippen molar-refractivity contribution in [3.05, 3.63) is 0 Å². The van der Waals surface area contributed by atoms with Gasteiger partial charge in [0.2, 0.25) is 0 Å². The molecule has 12 heavy (non-hydrogen) atoms. The van der Waals surface area contributed by atoms with Crippen LogP contribution in [0.5, 0.6) is 0 Å². The average molecular weight is 195 g/mol. The van der Waals surface area contributed by atoms with Crippen molar-refractivity contribution in [2.24, 2.45) is 5.73 Å². The van der Waals surface area contributed by atoms with Gasteiger partial charge in [0.15, 0.2) is 0 Å². The second kappa shape index (κ2) is 4.42. The molecule has 4 heteroatoms. The first-order valence-corrected chi connectivity index (χ1v) is 4.17. The SMILES string of the molecule is CC(C)(N)CN1CC[C@H](O)C1.Cl. The molecule has 0 aromatic heterocycles. The molecule has 0 unspecified atom stereocenters. The third kappa shape index (κ3) is 4.26. The van der Waals surface area contributed by atoms with Gasteiger partial charge < -0.3 is 10.8 Å². The number of hydrogen-bond acceptors (Lipinski definition) is 3. The normalized spacial score (nSPS) is 25.5. The maximum absolute atomic E-state index is 9.21. The van der Waals surface area contributed by atoms with Crippen molar-refractivity contribution in [3.63, 3.8) is 0 Å². The van der Waals surface area contributed by atoms with Crippen LogP contribution < -0.4 is 5.73 Å². The highest BCUT2D eigenvalue weighted by atomic mass is 35.5. The van der Waals surface area contributed by atoms with Crippen LogP contribution in [-0.4, -0.2) is 41.3 Å².